The molecule has 1 aromatic heterocycles. The van der Waals surface area contributed by atoms with Crippen LogP contribution >= 0.6 is 11.6 Å². The quantitative estimate of drug-likeness (QED) is 0.933. The molecule has 1 aromatic carbocycles. The Kier molecular flexibility index (Phi) is 4.12. The van der Waals surface area contributed by atoms with Crippen molar-refractivity contribution in [3.05, 3.63) is 58.6 Å². The Balaban J connectivity index is 2.29. The van der Waals surface area contributed by atoms with E-state index in [4.69, 9.17) is 11.6 Å². The maximum atomic E-state index is 11.4. The fourth-order valence-electron chi connectivity index (χ4n) is 1.84. The number of carboxylic acid groups (broad SMARTS) is 1. The highest BCUT2D eigenvalue weighted by atomic mass is 35.5. The molecule has 2 aromatic rings. The van der Waals surface area contributed by atoms with E-state index in [1.165, 1.54) is 12.5 Å². The minimum Gasteiger partial charge on any atom is -0.481 e. The monoisotopic (exact) mass is 276 g/mol. The minimum absolute atomic E-state index is 0.280. The molecule has 19 heavy (non-hydrogen) atoms. The summed E-state index contributed by atoms with van der Waals surface area (Å²) < 4.78 is 0. The number of nitrogens with zero attached hydrogens (tertiary/aromatic N) is 2. The minimum atomic E-state index is -0.943. The smallest absolute Gasteiger partial charge is 0.312 e. The molecule has 2 rings (SSSR count). The van der Waals surface area contributed by atoms with Crippen molar-refractivity contribution in [1.82, 2.24) is 9.97 Å². The van der Waals surface area contributed by atoms with Gasteiger partial charge in [-0.05, 0) is 18.9 Å². The molecule has 98 valence electrons. The normalized spacial score (nSPS) is 12.1. The standard InChI is InChI=1S/C14H13ClN2O2/c1-9-2-4-10(5-3-9)6-11(14(18)19)13-12(15)7-16-8-17-13/h2-5,7-8,11H,6H2,1H3,(H,18,19). The molecule has 1 unspecified atom stereocenters. The summed E-state index contributed by atoms with van der Waals surface area (Å²) in [5.74, 6) is -1.71. The largest absolute Gasteiger partial charge is 0.481 e. The average molecular weight is 277 g/mol. The highest BCUT2D eigenvalue weighted by Gasteiger charge is 2.24. The topological polar surface area (TPSA) is 63.1 Å². The Morgan fingerprint density at radius 3 is 2.63 bits per heavy atom. The van der Waals surface area contributed by atoms with E-state index in [-0.39, 0.29) is 5.02 Å². The van der Waals surface area contributed by atoms with Gasteiger partial charge in [0.05, 0.1) is 10.7 Å². The lowest BCUT2D eigenvalue weighted by Crippen LogP contribution is -2.16. The van der Waals surface area contributed by atoms with Crippen molar-refractivity contribution < 1.29 is 9.90 Å². The van der Waals surface area contributed by atoms with Gasteiger partial charge in [0.15, 0.2) is 0 Å². The first-order valence-electron chi connectivity index (χ1n) is 5.81. The van der Waals surface area contributed by atoms with Crippen molar-refractivity contribution in [1.29, 1.82) is 0 Å². The summed E-state index contributed by atoms with van der Waals surface area (Å²) in [5.41, 5.74) is 2.42. The van der Waals surface area contributed by atoms with E-state index in [0.29, 0.717) is 12.1 Å². The first-order chi connectivity index (χ1) is 9.08. The van der Waals surface area contributed by atoms with Gasteiger partial charge in [0.2, 0.25) is 0 Å². The zero-order valence-electron chi connectivity index (χ0n) is 10.4. The first-order valence-corrected chi connectivity index (χ1v) is 6.19. The van der Waals surface area contributed by atoms with E-state index < -0.39 is 11.9 Å². The number of hydrogen-bond acceptors (Lipinski definition) is 3. The first kappa shape index (κ1) is 13.5. The van der Waals surface area contributed by atoms with Gasteiger partial charge in [-0.1, -0.05) is 41.4 Å². The molecule has 1 N–H and O–H groups in total. The predicted molar refractivity (Wildman–Crippen MR) is 72.3 cm³/mol. The van der Waals surface area contributed by atoms with Crippen molar-refractivity contribution in [2.75, 3.05) is 0 Å². The number of carbonyl (C=O) groups is 1. The maximum Gasteiger partial charge on any atom is 0.312 e. The molecule has 1 heterocycles. The molecule has 0 bridgehead atoms. The van der Waals surface area contributed by atoms with Gasteiger partial charge >= 0.3 is 5.97 Å². The molecule has 0 amide bonds. The van der Waals surface area contributed by atoms with Gasteiger partial charge in [0, 0.05) is 6.20 Å². The van der Waals surface area contributed by atoms with Crippen LogP contribution in [0, 0.1) is 6.92 Å². The van der Waals surface area contributed by atoms with Crippen molar-refractivity contribution in [3.63, 3.8) is 0 Å². The highest BCUT2D eigenvalue weighted by Crippen LogP contribution is 2.25. The lowest BCUT2D eigenvalue weighted by Gasteiger charge is -2.13. The molecule has 0 saturated carbocycles. The number of hydrogen-bond donors (Lipinski definition) is 1. The average Bonchev–Trinajstić information content (AvgIpc) is 2.39. The van der Waals surface area contributed by atoms with Crippen LogP contribution in [0.25, 0.3) is 0 Å². The number of aromatic nitrogens is 2. The molecule has 0 saturated heterocycles. The third-order valence-corrected chi connectivity index (χ3v) is 3.18. The number of benzene rings is 1. The zero-order valence-corrected chi connectivity index (χ0v) is 11.1. The van der Waals surface area contributed by atoms with Crippen LogP contribution in [0.15, 0.2) is 36.8 Å². The van der Waals surface area contributed by atoms with Crippen LogP contribution < -0.4 is 0 Å². The third kappa shape index (κ3) is 3.29. The van der Waals surface area contributed by atoms with E-state index in [0.717, 1.165) is 11.1 Å². The van der Waals surface area contributed by atoms with Crippen LogP contribution in [0.1, 0.15) is 22.7 Å². The van der Waals surface area contributed by atoms with E-state index in [9.17, 15) is 9.90 Å². The lowest BCUT2D eigenvalue weighted by atomic mass is 9.95. The van der Waals surface area contributed by atoms with E-state index >= 15 is 0 Å². The molecule has 0 aliphatic rings. The summed E-state index contributed by atoms with van der Waals surface area (Å²) in [6, 6.07) is 7.74. The molecule has 1 atom stereocenters. The maximum absolute atomic E-state index is 11.4. The van der Waals surface area contributed by atoms with Gasteiger partial charge in [0.1, 0.15) is 12.2 Å². The Morgan fingerprint density at radius 2 is 2.05 bits per heavy atom. The van der Waals surface area contributed by atoms with Gasteiger partial charge in [-0.15, -0.1) is 0 Å². The van der Waals surface area contributed by atoms with Crippen molar-refractivity contribution in [2.24, 2.45) is 0 Å². The molecule has 0 spiro atoms. The number of rotatable bonds is 4. The molecule has 4 nitrogen and oxygen atoms in total. The van der Waals surface area contributed by atoms with Crippen molar-refractivity contribution in [3.8, 4) is 0 Å². The molecule has 0 aliphatic heterocycles. The van der Waals surface area contributed by atoms with Gasteiger partial charge in [0.25, 0.3) is 0 Å². The number of aryl methyl sites for hydroxylation is 1. The fourth-order valence-corrected chi connectivity index (χ4v) is 2.08. The fraction of sp³-hybridized carbons (Fsp3) is 0.214. The third-order valence-electron chi connectivity index (χ3n) is 2.88. The zero-order chi connectivity index (χ0) is 13.8. The van der Waals surface area contributed by atoms with Gasteiger partial charge < -0.3 is 5.11 Å². The molecule has 5 heteroatoms. The van der Waals surface area contributed by atoms with Crippen LogP contribution in [-0.2, 0) is 11.2 Å². The summed E-state index contributed by atoms with van der Waals surface area (Å²) in [5, 5.41) is 9.63. The van der Waals surface area contributed by atoms with Crippen LogP contribution in [0.5, 0.6) is 0 Å². The summed E-state index contributed by atoms with van der Waals surface area (Å²) >= 11 is 5.97. The Bertz CT molecular complexity index is 584. The van der Waals surface area contributed by atoms with Crippen LogP contribution in [0.4, 0.5) is 0 Å². The molecule has 0 aliphatic carbocycles. The van der Waals surface area contributed by atoms with E-state index in [1.807, 2.05) is 31.2 Å². The Morgan fingerprint density at radius 1 is 1.37 bits per heavy atom. The summed E-state index contributed by atoms with van der Waals surface area (Å²) in [4.78, 5) is 19.2. The summed E-state index contributed by atoms with van der Waals surface area (Å²) in [6.07, 6.45) is 3.08. The van der Waals surface area contributed by atoms with Crippen molar-refractivity contribution >= 4 is 17.6 Å². The number of aliphatic carboxylic acids is 1. The number of halogens is 1. The van der Waals surface area contributed by atoms with Gasteiger partial charge in [-0.3, -0.25) is 4.79 Å². The van der Waals surface area contributed by atoms with Gasteiger partial charge in [-0.25, -0.2) is 9.97 Å². The Labute approximate surface area is 116 Å². The summed E-state index contributed by atoms with van der Waals surface area (Å²) in [6.45, 7) is 1.99. The molecule has 0 fully saturated rings. The molecular formula is C14H13ClN2O2. The second-order valence-electron chi connectivity index (χ2n) is 4.34. The predicted octanol–water partition coefficient (Wildman–Crippen LogP) is 2.85. The highest BCUT2D eigenvalue weighted by molar-refractivity contribution is 6.31. The van der Waals surface area contributed by atoms with Crippen LogP contribution in [0.3, 0.4) is 0 Å². The second-order valence-corrected chi connectivity index (χ2v) is 4.74. The lowest BCUT2D eigenvalue weighted by molar-refractivity contribution is -0.138. The van der Waals surface area contributed by atoms with Crippen molar-refractivity contribution in [2.45, 2.75) is 19.3 Å². The van der Waals surface area contributed by atoms with Crippen LogP contribution in [0.2, 0.25) is 5.02 Å². The van der Waals surface area contributed by atoms with Gasteiger partial charge in [-0.2, -0.15) is 0 Å². The molecule has 0 radical (unpaired) electrons. The SMILES string of the molecule is Cc1ccc(CC(C(=O)O)c2ncncc2Cl)cc1. The number of carboxylic acids is 1. The van der Waals surface area contributed by atoms with Crippen LogP contribution in [-0.4, -0.2) is 21.0 Å². The van der Waals surface area contributed by atoms with E-state index in [2.05, 4.69) is 9.97 Å². The van der Waals surface area contributed by atoms with E-state index in [1.54, 1.807) is 0 Å². The second kappa shape index (κ2) is 5.80. The Hall–Kier alpha value is -1.94. The molecular weight excluding hydrogens is 264 g/mol. The summed E-state index contributed by atoms with van der Waals surface area (Å²) in [7, 11) is 0.